The average molecular weight is 603 g/mol. The molecular weight excluding hydrogens is 584 g/mol. The maximum Gasteiger partial charge on any atom is 0.399 e. The van der Waals surface area contributed by atoms with Crippen LogP contribution in [0.5, 0.6) is 0 Å². The number of allylic oxidation sites excluding steroid dienone is 1. The molecule has 1 saturated carbocycles. The van der Waals surface area contributed by atoms with Crippen LogP contribution in [0.15, 0.2) is 71.2 Å². The predicted molar refractivity (Wildman–Crippen MR) is 140 cm³/mol. The minimum Gasteiger partial charge on any atom is -0.294 e. The number of Topliss-reactive ketones (excluding diaryl/α,β-unsaturated/α-hetero) is 1. The fraction of sp³-hybridized carbons (Fsp3) is 0.222. The van der Waals surface area contributed by atoms with Crippen LogP contribution in [0, 0.1) is 0 Å². The Morgan fingerprint density at radius 2 is 1.63 bits per heavy atom. The van der Waals surface area contributed by atoms with E-state index in [0.717, 1.165) is 36.6 Å². The van der Waals surface area contributed by atoms with Gasteiger partial charge in [-0.2, -0.15) is 13.2 Å². The Bertz CT molecular complexity index is 1260. The fourth-order valence-electron chi connectivity index (χ4n) is 4.15. The Balaban J connectivity index is 1.55. The van der Waals surface area contributed by atoms with E-state index in [0.29, 0.717) is 22.0 Å². The standard InChI is InChI=1S/C27H19BrCl3F3O/c28-21-12-16(7-9-20(27(32,33)34)17-13-22(29)25(31)23(30)14-17)6-8-19(21)24(35)15-26(10-11-26)18-4-2-1-3-5-18/h1-9,12-14,20H,10-11,15H2/b9-7+. The lowest BCUT2D eigenvalue weighted by Crippen LogP contribution is -2.19. The van der Waals surface area contributed by atoms with E-state index in [-0.39, 0.29) is 31.8 Å². The number of hydrogen-bond acceptors (Lipinski definition) is 1. The highest BCUT2D eigenvalue weighted by molar-refractivity contribution is 9.10. The van der Waals surface area contributed by atoms with Gasteiger partial charge in [-0.15, -0.1) is 0 Å². The molecule has 3 aromatic carbocycles. The minimum absolute atomic E-state index is 0.00594. The lowest BCUT2D eigenvalue weighted by atomic mass is 9.88. The Morgan fingerprint density at radius 1 is 1.00 bits per heavy atom. The summed E-state index contributed by atoms with van der Waals surface area (Å²) in [6, 6.07) is 17.2. The van der Waals surface area contributed by atoms with Gasteiger partial charge in [-0.25, -0.2) is 0 Å². The molecule has 4 rings (SSSR count). The number of halogens is 7. The van der Waals surface area contributed by atoms with Gasteiger partial charge < -0.3 is 0 Å². The summed E-state index contributed by atoms with van der Waals surface area (Å²) >= 11 is 21.2. The van der Waals surface area contributed by atoms with Gasteiger partial charge in [0.2, 0.25) is 0 Å². The Kier molecular flexibility index (Phi) is 7.73. The van der Waals surface area contributed by atoms with Gasteiger partial charge in [-0.3, -0.25) is 4.79 Å². The molecule has 0 radical (unpaired) electrons. The van der Waals surface area contributed by atoms with Crippen LogP contribution in [0.3, 0.4) is 0 Å². The van der Waals surface area contributed by atoms with Crippen molar-refractivity contribution >= 4 is 62.6 Å². The average Bonchev–Trinajstić information content (AvgIpc) is 3.57. The highest BCUT2D eigenvalue weighted by Crippen LogP contribution is 2.51. The van der Waals surface area contributed by atoms with Crippen molar-refractivity contribution in [1.82, 2.24) is 0 Å². The maximum atomic E-state index is 13.8. The molecule has 35 heavy (non-hydrogen) atoms. The van der Waals surface area contributed by atoms with Gasteiger partial charge in [0.05, 0.1) is 21.0 Å². The van der Waals surface area contributed by atoms with Gasteiger partial charge in [-0.1, -0.05) is 99.3 Å². The van der Waals surface area contributed by atoms with Crippen molar-refractivity contribution in [3.63, 3.8) is 0 Å². The summed E-state index contributed by atoms with van der Waals surface area (Å²) in [6.45, 7) is 0. The van der Waals surface area contributed by atoms with Crippen LogP contribution < -0.4 is 0 Å². The topological polar surface area (TPSA) is 17.1 Å². The summed E-state index contributed by atoms with van der Waals surface area (Å²) in [5.41, 5.74) is 1.93. The van der Waals surface area contributed by atoms with E-state index in [2.05, 4.69) is 15.9 Å². The highest BCUT2D eigenvalue weighted by Gasteiger charge is 2.45. The molecule has 0 aliphatic heterocycles. The molecule has 0 aromatic heterocycles. The zero-order valence-corrected chi connectivity index (χ0v) is 22.0. The van der Waals surface area contributed by atoms with Gasteiger partial charge in [0.15, 0.2) is 5.78 Å². The Morgan fingerprint density at radius 3 is 2.17 bits per heavy atom. The molecule has 182 valence electrons. The number of carbonyl (C=O) groups is 1. The van der Waals surface area contributed by atoms with Gasteiger partial charge >= 0.3 is 6.18 Å². The first-order valence-corrected chi connectivity index (χ1v) is 12.7. The van der Waals surface area contributed by atoms with Crippen molar-refractivity contribution in [1.29, 1.82) is 0 Å². The summed E-state index contributed by atoms with van der Waals surface area (Å²) in [5, 5.41) is -0.0934. The first-order chi connectivity index (χ1) is 16.5. The van der Waals surface area contributed by atoms with E-state index < -0.39 is 12.1 Å². The number of ketones is 1. The van der Waals surface area contributed by atoms with E-state index in [1.165, 1.54) is 6.08 Å². The van der Waals surface area contributed by atoms with Crippen LogP contribution in [-0.2, 0) is 5.41 Å². The highest BCUT2D eigenvalue weighted by atomic mass is 79.9. The number of rotatable bonds is 7. The van der Waals surface area contributed by atoms with Crippen molar-refractivity contribution in [2.75, 3.05) is 0 Å². The van der Waals surface area contributed by atoms with E-state index in [4.69, 9.17) is 34.8 Å². The van der Waals surface area contributed by atoms with Crippen molar-refractivity contribution in [3.05, 3.63) is 109 Å². The fourth-order valence-corrected chi connectivity index (χ4v) is 5.38. The van der Waals surface area contributed by atoms with Crippen molar-refractivity contribution in [2.45, 2.75) is 36.8 Å². The number of alkyl halides is 3. The molecule has 1 nitrogen and oxygen atoms in total. The normalized spacial score (nSPS) is 15.9. The van der Waals surface area contributed by atoms with Crippen LogP contribution in [0.2, 0.25) is 15.1 Å². The third-order valence-electron chi connectivity index (χ3n) is 6.23. The zero-order chi connectivity index (χ0) is 25.4. The predicted octanol–water partition coefficient (Wildman–Crippen LogP) is 10.1. The second kappa shape index (κ2) is 10.3. The van der Waals surface area contributed by atoms with Gasteiger partial charge in [-0.05, 0) is 53.8 Å². The lowest BCUT2D eigenvalue weighted by Gasteiger charge is -2.18. The largest absolute Gasteiger partial charge is 0.399 e. The Labute approximate surface area is 225 Å². The van der Waals surface area contributed by atoms with Gasteiger partial charge in [0.25, 0.3) is 0 Å². The minimum atomic E-state index is -4.57. The molecule has 0 spiro atoms. The third kappa shape index (κ3) is 5.96. The zero-order valence-electron chi connectivity index (χ0n) is 18.2. The molecule has 0 saturated heterocycles. The molecule has 0 N–H and O–H groups in total. The lowest BCUT2D eigenvalue weighted by molar-refractivity contribution is -0.139. The summed E-state index contributed by atoms with van der Waals surface area (Å²) in [6.07, 6.45) is 0.129. The van der Waals surface area contributed by atoms with E-state index in [9.17, 15) is 18.0 Å². The van der Waals surface area contributed by atoms with Gasteiger partial charge in [0, 0.05) is 21.9 Å². The van der Waals surface area contributed by atoms with Crippen LogP contribution in [0.1, 0.15) is 52.2 Å². The van der Waals surface area contributed by atoms with Crippen LogP contribution in [0.25, 0.3) is 6.08 Å². The van der Waals surface area contributed by atoms with E-state index in [1.54, 1.807) is 18.2 Å². The quantitative estimate of drug-likeness (QED) is 0.194. The molecule has 0 amide bonds. The molecule has 1 aliphatic carbocycles. The smallest absolute Gasteiger partial charge is 0.294 e. The van der Waals surface area contributed by atoms with Crippen molar-refractivity contribution in [3.8, 4) is 0 Å². The van der Waals surface area contributed by atoms with Crippen molar-refractivity contribution in [2.24, 2.45) is 0 Å². The molecule has 8 heteroatoms. The number of hydrogen-bond donors (Lipinski definition) is 0. The molecule has 1 atom stereocenters. The van der Waals surface area contributed by atoms with Crippen LogP contribution >= 0.6 is 50.7 Å². The van der Waals surface area contributed by atoms with Crippen molar-refractivity contribution < 1.29 is 18.0 Å². The number of carbonyl (C=O) groups excluding carboxylic acids is 1. The molecule has 1 unspecified atom stereocenters. The summed E-state index contributed by atoms with van der Waals surface area (Å²) in [5.74, 6) is -1.94. The second-order valence-corrected chi connectivity index (χ2v) is 10.7. The van der Waals surface area contributed by atoms with E-state index >= 15 is 0 Å². The second-order valence-electron chi connectivity index (χ2n) is 8.66. The summed E-state index contributed by atoms with van der Waals surface area (Å²) < 4.78 is 41.9. The maximum absolute atomic E-state index is 13.8. The molecule has 1 fully saturated rings. The first kappa shape index (κ1) is 26.3. The summed E-state index contributed by atoms with van der Waals surface area (Å²) in [7, 11) is 0. The van der Waals surface area contributed by atoms with E-state index in [1.807, 2.05) is 30.3 Å². The SMILES string of the molecule is O=C(CC1(c2ccccc2)CC1)c1ccc(/C=C/C(c2cc(Cl)c(Cl)c(Cl)c2)C(F)(F)F)cc1Br. The van der Waals surface area contributed by atoms with Crippen LogP contribution in [-0.4, -0.2) is 12.0 Å². The monoisotopic (exact) mass is 600 g/mol. The molecule has 0 bridgehead atoms. The number of benzene rings is 3. The van der Waals surface area contributed by atoms with Gasteiger partial charge in [0.1, 0.15) is 0 Å². The molecule has 0 heterocycles. The Hall–Kier alpha value is -1.79. The van der Waals surface area contributed by atoms with Crippen LogP contribution in [0.4, 0.5) is 13.2 Å². The third-order valence-corrected chi connectivity index (χ3v) is 8.08. The molecule has 1 aliphatic rings. The summed E-state index contributed by atoms with van der Waals surface area (Å²) in [4.78, 5) is 13.0. The molecule has 3 aromatic rings. The molecular formula is C27H19BrCl3F3O. The first-order valence-electron chi connectivity index (χ1n) is 10.8.